The summed E-state index contributed by atoms with van der Waals surface area (Å²) in [5.41, 5.74) is 0.839. The van der Waals surface area contributed by atoms with Crippen molar-refractivity contribution < 1.29 is 14.3 Å². The Hall–Kier alpha value is -1.81. The molecule has 0 aliphatic carbocycles. The van der Waals surface area contributed by atoms with Gasteiger partial charge in [-0.1, -0.05) is 25.1 Å². The fourth-order valence-corrected chi connectivity index (χ4v) is 2.07. The third kappa shape index (κ3) is 2.79. The lowest BCUT2D eigenvalue weighted by molar-refractivity contribution is 0.0887. The standard InChI is InChI=1S/C15H19NO3/c1-3-15(2,8-9-17)16-14(18)12-10-19-13-7-5-4-6-11(12)13/h4-7,10,17H,3,8-9H2,1-2H3,(H,16,18). The predicted molar refractivity (Wildman–Crippen MR) is 74.1 cm³/mol. The third-order valence-electron chi connectivity index (χ3n) is 3.58. The minimum Gasteiger partial charge on any atom is -0.463 e. The molecule has 0 saturated heterocycles. The first-order chi connectivity index (χ1) is 9.09. The van der Waals surface area contributed by atoms with Crippen molar-refractivity contribution in [2.24, 2.45) is 0 Å². The minimum absolute atomic E-state index is 0.0523. The van der Waals surface area contributed by atoms with E-state index in [9.17, 15) is 4.79 Å². The number of carbonyl (C=O) groups excluding carboxylic acids is 1. The van der Waals surface area contributed by atoms with Crippen LogP contribution in [-0.4, -0.2) is 23.2 Å². The highest BCUT2D eigenvalue weighted by Crippen LogP contribution is 2.22. The molecule has 102 valence electrons. The van der Waals surface area contributed by atoms with Gasteiger partial charge in [-0.3, -0.25) is 4.79 Å². The quantitative estimate of drug-likeness (QED) is 0.869. The van der Waals surface area contributed by atoms with Gasteiger partial charge in [-0.2, -0.15) is 0 Å². The molecule has 0 spiro atoms. The molecule has 2 aromatic rings. The van der Waals surface area contributed by atoms with Crippen LogP contribution in [0, 0.1) is 0 Å². The molecule has 4 nitrogen and oxygen atoms in total. The van der Waals surface area contributed by atoms with E-state index >= 15 is 0 Å². The maximum absolute atomic E-state index is 12.3. The van der Waals surface area contributed by atoms with E-state index in [1.54, 1.807) is 0 Å². The van der Waals surface area contributed by atoms with Gasteiger partial charge in [0, 0.05) is 17.5 Å². The molecule has 2 rings (SSSR count). The van der Waals surface area contributed by atoms with Crippen LogP contribution < -0.4 is 5.32 Å². The van der Waals surface area contributed by atoms with Crippen LogP contribution in [0.25, 0.3) is 11.0 Å². The van der Waals surface area contributed by atoms with Crippen LogP contribution in [0.3, 0.4) is 0 Å². The smallest absolute Gasteiger partial charge is 0.255 e. The number of fused-ring (bicyclic) bond motifs is 1. The second kappa shape index (κ2) is 5.45. The molecule has 0 aliphatic heterocycles. The Balaban J connectivity index is 2.24. The van der Waals surface area contributed by atoms with Crippen molar-refractivity contribution in [2.45, 2.75) is 32.2 Å². The molecule has 1 atom stereocenters. The highest BCUT2D eigenvalue weighted by Gasteiger charge is 2.25. The van der Waals surface area contributed by atoms with Gasteiger partial charge in [0.1, 0.15) is 11.8 Å². The lowest BCUT2D eigenvalue weighted by atomic mass is 9.94. The largest absolute Gasteiger partial charge is 0.463 e. The number of aliphatic hydroxyl groups is 1. The number of hydrogen-bond donors (Lipinski definition) is 2. The molecule has 1 aromatic carbocycles. The number of nitrogens with one attached hydrogen (secondary N) is 1. The molecule has 1 aromatic heterocycles. The first-order valence-electron chi connectivity index (χ1n) is 6.49. The van der Waals surface area contributed by atoms with Crippen LogP contribution in [0.2, 0.25) is 0 Å². The molecule has 1 heterocycles. The van der Waals surface area contributed by atoms with E-state index < -0.39 is 5.54 Å². The first kappa shape index (κ1) is 13.6. The van der Waals surface area contributed by atoms with Crippen LogP contribution >= 0.6 is 0 Å². The summed E-state index contributed by atoms with van der Waals surface area (Å²) < 4.78 is 5.37. The number of furan rings is 1. The Bertz CT molecular complexity index is 576. The second-order valence-corrected chi connectivity index (χ2v) is 4.99. The summed E-state index contributed by atoms with van der Waals surface area (Å²) in [7, 11) is 0. The van der Waals surface area contributed by atoms with E-state index in [-0.39, 0.29) is 12.5 Å². The van der Waals surface area contributed by atoms with Crippen molar-refractivity contribution in [1.29, 1.82) is 0 Å². The molecule has 1 amide bonds. The number of amides is 1. The van der Waals surface area contributed by atoms with Crippen molar-refractivity contribution in [3.8, 4) is 0 Å². The topological polar surface area (TPSA) is 62.5 Å². The zero-order chi connectivity index (χ0) is 13.9. The van der Waals surface area contributed by atoms with Crippen LogP contribution in [-0.2, 0) is 0 Å². The average molecular weight is 261 g/mol. The molecule has 4 heteroatoms. The lowest BCUT2D eigenvalue weighted by Crippen LogP contribution is -2.46. The highest BCUT2D eigenvalue weighted by molar-refractivity contribution is 6.06. The molecule has 19 heavy (non-hydrogen) atoms. The van der Waals surface area contributed by atoms with Gasteiger partial charge in [0.05, 0.1) is 5.56 Å². The van der Waals surface area contributed by atoms with Crippen LogP contribution in [0.15, 0.2) is 34.9 Å². The summed E-state index contributed by atoms with van der Waals surface area (Å²) in [5.74, 6) is -0.164. The Morgan fingerprint density at radius 1 is 1.42 bits per heavy atom. The maximum Gasteiger partial charge on any atom is 0.255 e. The van der Waals surface area contributed by atoms with E-state index in [4.69, 9.17) is 9.52 Å². The van der Waals surface area contributed by atoms with E-state index in [0.29, 0.717) is 17.6 Å². The maximum atomic E-state index is 12.3. The molecule has 0 bridgehead atoms. The van der Waals surface area contributed by atoms with Crippen molar-refractivity contribution in [3.63, 3.8) is 0 Å². The summed E-state index contributed by atoms with van der Waals surface area (Å²) in [6, 6.07) is 7.44. The van der Waals surface area contributed by atoms with Crippen molar-refractivity contribution in [1.82, 2.24) is 5.32 Å². The Labute approximate surface area is 112 Å². The molecule has 0 saturated carbocycles. The zero-order valence-corrected chi connectivity index (χ0v) is 11.3. The van der Waals surface area contributed by atoms with E-state index in [2.05, 4.69) is 5.32 Å². The monoisotopic (exact) mass is 261 g/mol. The first-order valence-corrected chi connectivity index (χ1v) is 6.49. The van der Waals surface area contributed by atoms with Crippen LogP contribution in [0.5, 0.6) is 0 Å². The fraction of sp³-hybridized carbons (Fsp3) is 0.400. The minimum atomic E-state index is -0.399. The van der Waals surface area contributed by atoms with Gasteiger partial charge in [-0.15, -0.1) is 0 Å². The van der Waals surface area contributed by atoms with Gasteiger partial charge in [0.2, 0.25) is 0 Å². The number of rotatable bonds is 5. The Morgan fingerprint density at radius 3 is 2.84 bits per heavy atom. The van der Waals surface area contributed by atoms with Crippen molar-refractivity contribution >= 4 is 16.9 Å². The zero-order valence-electron chi connectivity index (χ0n) is 11.3. The molecular formula is C15H19NO3. The molecule has 0 aliphatic rings. The molecule has 0 radical (unpaired) electrons. The van der Waals surface area contributed by atoms with Gasteiger partial charge in [-0.25, -0.2) is 0 Å². The van der Waals surface area contributed by atoms with Gasteiger partial charge in [0.25, 0.3) is 5.91 Å². The highest BCUT2D eigenvalue weighted by atomic mass is 16.3. The third-order valence-corrected chi connectivity index (χ3v) is 3.58. The summed E-state index contributed by atoms with van der Waals surface area (Å²) in [5, 5.41) is 12.9. The Kier molecular flexibility index (Phi) is 3.90. The lowest BCUT2D eigenvalue weighted by Gasteiger charge is -2.28. The van der Waals surface area contributed by atoms with E-state index in [1.165, 1.54) is 6.26 Å². The predicted octanol–water partition coefficient (Wildman–Crippen LogP) is 2.71. The van der Waals surface area contributed by atoms with Crippen molar-refractivity contribution in [3.05, 3.63) is 36.1 Å². The Morgan fingerprint density at radius 2 is 2.16 bits per heavy atom. The molecule has 0 fully saturated rings. The van der Waals surface area contributed by atoms with E-state index in [0.717, 1.165) is 11.8 Å². The summed E-state index contributed by atoms with van der Waals surface area (Å²) >= 11 is 0. The second-order valence-electron chi connectivity index (χ2n) is 4.99. The van der Waals surface area contributed by atoms with Crippen LogP contribution in [0.1, 0.15) is 37.0 Å². The van der Waals surface area contributed by atoms with Crippen LogP contribution in [0.4, 0.5) is 0 Å². The normalized spacial score (nSPS) is 14.3. The average Bonchev–Trinajstić information content (AvgIpc) is 2.83. The van der Waals surface area contributed by atoms with Crippen molar-refractivity contribution in [2.75, 3.05) is 6.61 Å². The summed E-state index contributed by atoms with van der Waals surface area (Å²) in [6.45, 7) is 3.98. The van der Waals surface area contributed by atoms with Gasteiger partial charge in [-0.05, 0) is 25.8 Å². The van der Waals surface area contributed by atoms with E-state index in [1.807, 2.05) is 38.1 Å². The van der Waals surface area contributed by atoms with Gasteiger partial charge < -0.3 is 14.8 Å². The number of carbonyl (C=O) groups is 1. The number of para-hydroxylation sites is 1. The number of aliphatic hydroxyl groups excluding tert-OH is 1. The number of hydrogen-bond acceptors (Lipinski definition) is 3. The van der Waals surface area contributed by atoms with Gasteiger partial charge in [0.15, 0.2) is 0 Å². The molecular weight excluding hydrogens is 242 g/mol. The fourth-order valence-electron chi connectivity index (χ4n) is 2.07. The molecule has 1 unspecified atom stereocenters. The SMILES string of the molecule is CCC(C)(CCO)NC(=O)c1coc2ccccc12. The summed E-state index contributed by atoms with van der Waals surface area (Å²) in [6.07, 6.45) is 2.77. The summed E-state index contributed by atoms with van der Waals surface area (Å²) in [4.78, 5) is 12.3. The molecule has 2 N–H and O–H groups in total. The van der Waals surface area contributed by atoms with Gasteiger partial charge >= 0.3 is 0 Å². The number of benzene rings is 1.